The molecule has 1 atom stereocenters. The maximum Gasteiger partial charge on any atom is 0.223 e. The molecule has 2 fully saturated rings. The number of sulfonamides is 1. The highest BCUT2D eigenvalue weighted by atomic mass is 32.2. The highest BCUT2D eigenvalue weighted by molar-refractivity contribution is 7.88. The third-order valence-corrected chi connectivity index (χ3v) is 7.73. The minimum atomic E-state index is -3.24. The molecule has 7 heteroatoms. The molecule has 0 bridgehead atoms. The van der Waals surface area contributed by atoms with Gasteiger partial charge in [-0.25, -0.2) is 8.42 Å². The Balaban J connectivity index is 1.51. The van der Waals surface area contributed by atoms with Crippen LogP contribution in [-0.2, 0) is 27.9 Å². The Labute approximate surface area is 174 Å². The molecule has 0 saturated heterocycles. The van der Waals surface area contributed by atoms with Gasteiger partial charge >= 0.3 is 0 Å². The third kappa shape index (κ3) is 4.94. The fraction of sp³-hybridized carbons (Fsp3) is 0.682. The van der Waals surface area contributed by atoms with E-state index in [0.29, 0.717) is 32.0 Å². The minimum absolute atomic E-state index is 0.0266. The predicted molar refractivity (Wildman–Crippen MR) is 112 cm³/mol. The van der Waals surface area contributed by atoms with E-state index in [2.05, 4.69) is 0 Å². The molecule has 1 aliphatic heterocycles. The van der Waals surface area contributed by atoms with Gasteiger partial charge in [0, 0.05) is 31.1 Å². The van der Waals surface area contributed by atoms with Crippen molar-refractivity contribution >= 4 is 15.9 Å². The van der Waals surface area contributed by atoms with Crippen LogP contribution in [0.3, 0.4) is 0 Å². The van der Waals surface area contributed by atoms with Crippen LogP contribution in [-0.4, -0.2) is 48.5 Å². The first-order chi connectivity index (χ1) is 13.8. The highest BCUT2D eigenvalue weighted by Crippen LogP contribution is 2.33. The molecule has 160 valence electrons. The smallest absolute Gasteiger partial charge is 0.223 e. The molecule has 2 aliphatic carbocycles. The average molecular weight is 421 g/mol. The van der Waals surface area contributed by atoms with E-state index in [1.807, 2.05) is 30.0 Å². The number of carbonyl (C=O) groups excluding carboxylic acids is 1. The van der Waals surface area contributed by atoms with Gasteiger partial charge in [-0.2, -0.15) is 4.31 Å². The van der Waals surface area contributed by atoms with Gasteiger partial charge in [0.1, 0.15) is 12.4 Å². The summed E-state index contributed by atoms with van der Waals surface area (Å²) in [6.45, 7) is 3.43. The number of nitrogens with zero attached hydrogens (tertiary/aromatic N) is 2. The van der Waals surface area contributed by atoms with E-state index in [9.17, 15) is 13.2 Å². The van der Waals surface area contributed by atoms with Crippen LogP contribution in [0.4, 0.5) is 0 Å². The fourth-order valence-electron chi connectivity index (χ4n) is 4.61. The Kier molecular flexibility index (Phi) is 5.89. The Bertz CT molecular complexity index is 860. The molecule has 0 radical (unpaired) electrons. The van der Waals surface area contributed by atoms with Crippen LogP contribution in [0.1, 0.15) is 63.0 Å². The van der Waals surface area contributed by atoms with Crippen molar-refractivity contribution in [3.05, 3.63) is 29.3 Å². The number of benzene rings is 1. The number of hydrogen-bond acceptors (Lipinski definition) is 4. The lowest BCUT2D eigenvalue weighted by atomic mass is 10.0. The molecule has 2 saturated carbocycles. The second-order valence-corrected chi connectivity index (χ2v) is 11.0. The maximum absolute atomic E-state index is 13.0. The Hall–Kier alpha value is -1.60. The first kappa shape index (κ1) is 20.7. The van der Waals surface area contributed by atoms with Crippen LogP contribution >= 0.6 is 0 Å². The number of ether oxygens (including phenoxy) is 1. The normalized spacial score (nSPS) is 23.0. The van der Waals surface area contributed by atoms with Crippen LogP contribution < -0.4 is 4.74 Å². The maximum atomic E-state index is 13.0. The first-order valence-corrected chi connectivity index (χ1v) is 12.7. The summed E-state index contributed by atoms with van der Waals surface area (Å²) in [4.78, 5) is 14.9. The lowest BCUT2D eigenvalue weighted by Gasteiger charge is -2.27. The van der Waals surface area contributed by atoms with Crippen LogP contribution in [0.25, 0.3) is 0 Å². The van der Waals surface area contributed by atoms with Gasteiger partial charge in [-0.1, -0.05) is 18.9 Å². The van der Waals surface area contributed by atoms with Gasteiger partial charge in [-0.05, 0) is 56.2 Å². The summed E-state index contributed by atoms with van der Waals surface area (Å²) in [5.74, 6) is 1.53. The second kappa shape index (κ2) is 8.26. The van der Waals surface area contributed by atoms with Crippen molar-refractivity contribution in [2.75, 3.05) is 12.9 Å². The quantitative estimate of drug-likeness (QED) is 0.708. The molecule has 4 rings (SSSR count). The highest BCUT2D eigenvalue weighted by Gasteiger charge is 2.35. The molecule has 1 aromatic carbocycles. The lowest BCUT2D eigenvalue weighted by molar-refractivity contribution is -0.135. The van der Waals surface area contributed by atoms with Crippen molar-refractivity contribution in [2.24, 2.45) is 5.92 Å². The summed E-state index contributed by atoms with van der Waals surface area (Å²) >= 11 is 0. The molecule has 6 nitrogen and oxygen atoms in total. The molecule has 0 unspecified atom stereocenters. The van der Waals surface area contributed by atoms with Crippen molar-refractivity contribution in [3.8, 4) is 5.75 Å². The van der Waals surface area contributed by atoms with E-state index in [0.717, 1.165) is 42.6 Å². The van der Waals surface area contributed by atoms with E-state index in [-0.39, 0.29) is 18.0 Å². The van der Waals surface area contributed by atoms with Crippen molar-refractivity contribution < 1.29 is 17.9 Å². The van der Waals surface area contributed by atoms with Gasteiger partial charge in [0.2, 0.25) is 15.9 Å². The van der Waals surface area contributed by atoms with Gasteiger partial charge in [0.25, 0.3) is 0 Å². The van der Waals surface area contributed by atoms with Crippen LogP contribution in [0.5, 0.6) is 5.75 Å². The molecule has 29 heavy (non-hydrogen) atoms. The van der Waals surface area contributed by atoms with Gasteiger partial charge in [0.05, 0.1) is 12.3 Å². The molecular formula is C22H32N2O4S. The molecule has 0 spiro atoms. The molecule has 3 aliphatic rings. The summed E-state index contributed by atoms with van der Waals surface area (Å²) in [6, 6.07) is 6.04. The van der Waals surface area contributed by atoms with E-state index < -0.39 is 10.0 Å². The molecular weight excluding hydrogens is 388 g/mol. The zero-order chi connectivity index (χ0) is 20.6. The van der Waals surface area contributed by atoms with E-state index >= 15 is 0 Å². The lowest BCUT2D eigenvalue weighted by Crippen LogP contribution is -2.40. The fourth-order valence-corrected chi connectivity index (χ4v) is 5.74. The standard InChI is InChI=1S/C22H32N2O4S/c1-16-15-28-21-10-7-18(13-24(20-8-9-20)29(2,26)27)11-19(21)14-23(16)22(25)12-17-5-3-4-6-17/h7,10-11,16-17,20H,3-6,8-9,12-15H2,1-2H3/t16-/m0/s1. The van der Waals surface area contributed by atoms with Crippen LogP contribution in [0, 0.1) is 5.92 Å². The van der Waals surface area contributed by atoms with Crippen LogP contribution in [0.2, 0.25) is 0 Å². The number of carbonyl (C=O) groups is 1. The largest absolute Gasteiger partial charge is 0.491 e. The second-order valence-electron chi connectivity index (χ2n) is 9.02. The topological polar surface area (TPSA) is 66.9 Å². The predicted octanol–water partition coefficient (Wildman–Crippen LogP) is 3.30. The molecule has 0 N–H and O–H groups in total. The van der Waals surface area contributed by atoms with Gasteiger partial charge < -0.3 is 9.64 Å². The first-order valence-electron chi connectivity index (χ1n) is 10.8. The zero-order valence-corrected chi connectivity index (χ0v) is 18.3. The third-order valence-electron chi connectivity index (χ3n) is 6.45. The summed E-state index contributed by atoms with van der Waals surface area (Å²) in [5, 5.41) is 0. The summed E-state index contributed by atoms with van der Waals surface area (Å²) < 4.78 is 31.9. The molecule has 1 amide bonds. The van der Waals surface area contributed by atoms with Gasteiger partial charge in [0.15, 0.2) is 0 Å². The minimum Gasteiger partial charge on any atom is -0.491 e. The Morgan fingerprint density at radius 1 is 1.21 bits per heavy atom. The van der Waals surface area contributed by atoms with Gasteiger partial charge in [-0.15, -0.1) is 0 Å². The van der Waals surface area contributed by atoms with E-state index in [4.69, 9.17) is 4.74 Å². The van der Waals surface area contributed by atoms with Crippen LogP contribution in [0.15, 0.2) is 18.2 Å². The summed E-state index contributed by atoms with van der Waals surface area (Å²) in [6.07, 6.45) is 8.57. The number of rotatable bonds is 6. The van der Waals surface area contributed by atoms with Gasteiger partial charge in [-0.3, -0.25) is 4.79 Å². The summed E-state index contributed by atoms with van der Waals surface area (Å²) in [5.41, 5.74) is 1.92. The molecule has 1 heterocycles. The van der Waals surface area contributed by atoms with Crippen molar-refractivity contribution in [1.82, 2.24) is 9.21 Å². The van der Waals surface area contributed by atoms with E-state index in [1.54, 1.807) is 4.31 Å². The number of hydrogen-bond donors (Lipinski definition) is 0. The monoisotopic (exact) mass is 420 g/mol. The Morgan fingerprint density at radius 2 is 1.93 bits per heavy atom. The van der Waals surface area contributed by atoms with Crippen molar-refractivity contribution in [3.63, 3.8) is 0 Å². The molecule has 0 aromatic heterocycles. The van der Waals surface area contributed by atoms with E-state index in [1.165, 1.54) is 19.1 Å². The molecule has 1 aromatic rings. The Morgan fingerprint density at radius 3 is 2.59 bits per heavy atom. The average Bonchev–Trinajstić information content (AvgIpc) is 3.40. The number of fused-ring (bicyclic) bond motifs is 1. The SMILES string of the molecule is C[C@H]1COc2ccc(CN(C3CC3)S(C)(=O)=O)cc2CN1C(=O)CC1CCCC1. The summed E-state index contributed by atoms with van der Waals surface area (Å²) in [7, 11) is -3.24. The zero-order valence-electron chi connectivity index (χ0n) is 17.5. The van der Waals surface area contributed by atoms with Crippen molar-refractivity contribution in [2.45, 2.75) is 77.0 Å². The number of amides is 1. The van der Waals surface area contributed by atoms with Crippen molar-refractivity contribution in [1.29, 1.82) is 0 Å².